The van der Waals surface area contributed by atoms with E-state index in [0.29, 0.717) is 18.3 Å². The summed E-state index contributed by atoms with van der Waals surface area (Å²) in [5.74, 6) is 2.85. The Balaban J connectivity index is 0.00000363. The third-order valence-corrected chi connectivity index (χ3v) is 5.36. The Morgan fingerprint density at radius 3 is 2.62 bits per heavy atom. The number of benzene rings is 1. The van der Waals surface area contributed by atoms with E-state index < -0.39 is 0 Å². The molecule has 8 nitrogen and oxygen atoms in total. The van der Waals surface area contributed by atoms with Gasteiger partial charge in [0.1, 0.15) is 12.3 Å². The van der Waals surface area contributed by atoms with Crippen LogP contribution in [0.4, 0.5) is 0 Å². The van der Waals surface area contributed by atoms with Gasteiger partial charge in [-0.2, -0.15) is 4.98 Å². The fourth-order valence-electron chi connectivity index (χ4n) is 3.67. The smallest absolute Gasteiger partial charge is 0.232 e. The Hall–Kier alpha value is -1.88. The first kappa shape index (κ1) is 26.4. The monoisotopic (exact) mass is 556 g/mol. The quantitative estimate of drug-likeness (QED) is 0.290. The number of guanidine groups is 1. The summed E-state index contributed by atoms with van der Waals surface area (Å²) in [5.41, 5.74) is 1.08. The number of hydrogen-bond acceptors (Lipinski definition) is 6. The van der Waals surface area contributed by atoms with E-state index in [0.717, 1.165) is 37.9 Å². The highest BCUT2D eigenvalue weighted by molar-refractivity contribution is 14.0. The lowest BCUT2D eigenvalue weighted by molar-refractivity contribution is 0.245. The Morgan fingerprint density at radius 2 is 2.00 bits per heavy atom. The van der Waals surface area contributed by atoms with Crippen molar-refractivity contribution >= 4 is 29.9 Å². The largest absolute Gasteiger partial charge is 0.497 e. The van der Waals surface area contributed by atoms with Gasteiger partial charge in [0.2, 0.25) is 5.89 Å². The molecule has 1 atom stereocenters. The van der Waals surface area contributed by atoms with E-state index in [1.54, 1.807) is 7.11 Å². The molecule has 0 bridgehead atoms. The van der Waals surface area contributed by atoms with Crippen molar-refractivity contribution < 1.29 is 9.26 Å². The van der Waals surface area contributed by atoms with Gasteiger partial charge in [0.05, 0.1) is 13.2 Å². The van der Waals surface area contributed by atoms with Gasteiger partial charge in [-0.1, -0.05) is 38.1 Å². The van der Waals surface area contributed by atoms with E-state index in [9.17, 15) is 0 Å². The molecule has 1 aromatic carbocycles. The maximum atomic E-state index is 5.45. The molecule has 0 radical (unpaired) electrons. The van der Waals surface area contributed by atoms with Crippen LogP contribution >= 0.6 is 24.0 Å². The lowest BCUT2D eigenvalue weighted by Gasteiger charge is -2.29. The summed E-state index contributed by atoms with van der Waals surface area (Å²) in [6.45, 7) is 12.3. The number of hydrogen-bond donors (Lipinski definition) is 2. The number of rotatable bonds is 8. The molecule has 0 aliphatic carbocycles. The topological polar surface area (TPSA) is 87.8 Å². The van der Waals surface area contributed by atoms with E-state index in [-0.39, 0.29) is 35.4 Å². The lowest BCUT2D eigenvalue weighted by atomic mass is 9.97. The maximum Gasteiger partial charge on any atom is 0.232 e. The molecule has 3 rings (SSSR count). The Bertz CT molecular complexity index is 858. The van der Waals surface area contributed by atoms with Crippen LogP contribution in [0.2, 0.25) is 0 Å². The maximum absolute atomic E-state index is 5.45. The molecule has 0 saturated carbocycles. The van der Waals surface area contributed by atoms with E-state index in [1.165, 1.54) is 18.4 Å². The second kappa shape index (κ2) is 12.4. The average molecular weight is 556 g/mol. The molecular weight excluding hydrogens is 519 g/mol. The summed E-state index contributed by atoms with van der Waals surface area (Å²) in [7, 11) is 1.71. The molecule has 1 aromatic heterocycles. The summed E-state index contributed by atoms with van der Waals surface area (Å²) in [4.78, 5) is 11.7. The highest BCUT2D eigenvalue weighted by Crippen LogP contribution is 2.27. The zero-order chi connectivity index (χ0) is 22.3. The zero-order valence-electron chi connectivity index (χ0n) is 19.9. The summed E-state index contributed by atoms with van der Waals surface area (Å²) in [6, 6.07) is 8.59. The Labute approximate surface area is 208 Å². The molecule has 2 heterocycles. The van der Waals surface area contributed by atoms with Gasteiger partial charge in [0, 0.05) is 18.5 Å². The summed E-state index contributed by atoms with van der Waals surface area (Å²) < 4.78 is 10.8. The van der Waals surface area contributed by atoms with Crippen molar-refractivity contribution in [2.45, 2.75) is 58.5 Å². The molecule has 9 heteroatoms. The van der Waals surface area contributed by atoms with E-state index in [1.807, 2.05) is 6.07 Å². The number of ether oxygens (including phenoxy) is 1. The minimum atomic E-state index is -0.169. The van der Waals surface area contributed by atoms with Crippen LogP contribution in [0.3, 0.4) is 0 Å². The Kier molecular flexibility index (Phi) is 10.2. The molecular formula is C23H37IN6O2. The summed E-state index contributed by atoms with van der Waals surface area (Å²) in [6.07, 6.45) is 2.48. The van der Waals surface area contributed by atoms with Crippen LogP contribution in [-0.2, 0) is 12.0 Å². The molecule has 2 N–H and O–H groups in total. The van der Waals surface area contributed by atoms with Gasteiger partial charge >= 0.3 is 0 Å². The number of nitrogens with one attached hydrogen (secondary N) is 2. The second-order valence-electron chi connectivity index (χ2n) is 8.88. The van der Waals surface area contributed by atoms with Crippen molar-refractivity contribution in [2.75, 3.05) is 33.3 Å². The highest BCUT2D eigenvalue weighted by atomic mass is 127. The van der Waals surface area contributed by atoms with Crippen LogP contribution in [-0.4, -0.2) is 54.3 Å². The fraction of sp³-hybridized carbons (Fsp3) is 0.609. The zero-order valence-corrected chi connectivity index (χ0v) is 22.2. The fourth-order valence-corrected chi connectivity index (χ4v) is 3.67. The lowest BCUT2D eigenvalue weighted by Crippen LogP contribution is -2.42. The van der Waals surface area contributed by atoms with Crippen LogP contribution in [0, 0.1) is 0 Å². The van der Waals surface area contributed by atoms with E-state index >= 15 is 0 Å². The van der Waals surface area contributed by atoms with Gasteiger partial charge < -0.3 is 19.9 Å². The minimum absolute atomic E-state index is 0. The number of halogens is 1. The average Bonchev–Trinajstić information content (AvgIpc) is 3.44. The van der Waals surface area contributed by atoms with Crippen molar-refractivity contribution in [1.82, 2.24) is 25.7 Å². The normalized spacial score (nSPS) is 15.8. The number of aliphatic imine (C=N–C) groups is 1. The van der Waals surface area contributed by atoms with Crippen LogP contribution in [0.1, 0.15) is 63.9 Å². The van der Waals surface area contributed by atoms with Crippen molar-refractivity contribution in [2.24, 2.45) is 4.99 Å². The SMILES string of the molecule is CCNC(=NCc1noc(C(C)(C)C)n1)NCC(c1cccc(OC)c1)N1CCCC1.I. The molecule has 0 spiro atoms. The van der Waals surface area contributed by atoms with Crippen LogP contribution in [0.15, 0.2) is 33.8 Å². The van der Waals surface area contributed by atoms with E-state index in [4.69, 9.17) is 9.26 Å². The van der Waals surface area contributed by atoms with Gasteiger partial charge in [0.25, 0.3) is 0 Å². The molecule has 1 saturated heterocycles. The molecule has 1 aliphatic rings. The number of aromatic nitrogens is 2. The van der Waals surface area contributed by atoms with Gasteiger partial charge in [0.15, 0.2) is 11.8 Å². The summed E-state index contributed by atoms with van der Waals surface area (Å²) >= 11 is 0. The standard InChI is InChI=1S/C23H36N6O2.HI/c1-6-24-22(26-16-20-27-21(31-28-20)23(2,3)4)25-15-19(29-12-7-8-13-29)17-10-9-11-18(14-17)30-5;/h9-11,14,19H,6-8,12-13,15-16H2,1-5H3,(H2,24,25,26);1H. The highest BCUT2D eigenvalue weighted by Gasteiger charge is 2.24. The first-order valence-corrected chi connectivity index (χ1v) is 11.1. The molecule has 1 fully saturated rings. The van der Waals surface area contributed by atoms with Crippen LogP contribution < -0.4 is 15.4 Å². The molecule has 32 heavy (non-hydrogen) atoms. The number of methoxy groups -OCH3 is 1. The first-order valence-electron chi connectivity index (χ1n) is 11.1. The third-order valence-electron chi connectivity index (χ3n) is 5.36. The van der Waals surface area contributed by atoms with Gasteiger partial charge in [-0.3, -0.25) is 4.90 Å². The number of likely N-dealkylation sites (tertiary alicyclic amines) is 1. The predicted molar refractivity (Wildman–Crippen MR) is 138 cm³/mol. The minimum Gasteiger partial charge on any atom is -0.497 e. The van der Waals surface area contributed by atoms with Gasteiger partial charge in [-0.05, 0) is 50.6 Å². The molecule has 0 amide bonds. The van der Waals surface area contributed by atoms with Gasteiger partial charge in [-0.15, -0.1) is 24.0 Å². The van der Waals surface area contributed by atoms with E-state index in [2.05, 4.69) is 76.6 Å². The van der Waals surface area contributed by atoms with Crippen molar-refractivity contribution in [3.05, 3.63) is 41.5 Å². The summed E-state index contributed by atoms with van der Waals surface area (Å²) in [5, 5.41) is 10.9. The van der Waals surface area contributed by atoms with Crippen molar-refractivity contribution in [1.29, 1.82) is 0 Å². The van der Waals surface area contributed by atoms with Crippen molar-refractivity contribution in [3.63, 3.8) is 0 Å². The van der Waals surface area contributed by atoms with Crippen LogP contribution in [0.25, 0.3) is 0 Å². The first-order chi connectivity index (χ1) is 14.9. The Morgan fingerprint density at radius 1 is 1.25 bits per heavy atom. The molecule has 178 valence electrons. The second-order valence-corrected chi connectivity index (χ2v) is 8.88. The predicted octanol–water partition coefficient (Wildman–Crippen LogP) is 3.89. The molecule has 2 aromatic rings. The number of nitrogens with zero attached hydrogens (tertiary/aromatic N) is 4. The van der Waals surface area contributed by atoms with Crippen LogP contribution in [0.5, 0.6) is 5.75 Å². The van der Waals surface area contributed by atoms with Crippen molar-refractivity contribution in [3.8, 4) is 5.75 Å². The third kappa shape index (κ3) is 7.33. The van der Waals surface area contributed by atoms with Gasteiger partial charge in [-0.25, -0.2) is 4.99 Å². The molecule has 1 unspecified atom stereocenters. The molecule has 1 aliphatic heterocycles.